The number of morpholine rings is 1. The second kappa shape index (κ2) is 6.87. The molecule has 28 heavy (non-hydrogen) atoms. The van der Waals surface area contributed by atoms with E-state index in [1.54, 1.807) is 37.9 Å². The van der Waals surface area contributed by atoms with E-state index in [4.69, 9.17) is 9.15 Å². The van der Waals surface area contributed by atoms with Crippen LogP contribution in [0, 0.1) is 19.7 Å². The van der Waals surface area contributed by atoms with Crippen LogP contribution in [-0.4, -0.2) is 40.1 Å². The summed E-state index contributed by atoms with van der Waals surface area (Å²) in [5.74, 6) is -0.221. The van der Waals surface area contributed by atoms with Gasteiger partial charge in [0.2, 0.25) is 5.71 Å². The highest BCUT2D eigenvalue weighted by Gasteiger charge is 2.31. The van der Waals surface area contributed by atoms with Crippen LogP contribution in [0.4, 0.5) is 4.39 Å². The number of benzene rings is 1. The Morgan fingerprint density at radius 1 is 1.32 bits per heavy atom. The lowest BCUT2D eigenvalue weighted by molar-refractivity contribution is -0.0228. The number of rotatable bonds is 2. The molecule has 1 aliphatic heterocycles. The van der Waals surface area contributed by atoms with E-state index >= 15 is 0 Å². The second-order valence-corrected chi connectivity index (χ2v) is 6.99. The minimum absolute atomic E-state index is 0.155. The Hall–Kier alpha value is -3.00. The van der Waals surface area contributed by atoms with E-state index in [-0.39, 0.29) is 40.1 Å². The minimum atomic E-state index is -0.364. The zero-order valence-electron chi connectivity index (χ0n) is 15.9. The molecular formula is C20H20FN3O4. The molecule has 1 saturated heterocycles. The minimum Gasteiger partial charge on any atom is -0.442 e. The lowest BCUT2D eigenvalue weighted by atomic mass is 10.0. The van der Waals surface area contributed by atoms with Gasteiger partial charge in [-0.2, -0.15) is 0 Å². The van der Waals surface area contributed by atoms with Crippen molar-refractivity contribution in [3.8, 4) is 0 Å². The molecule has 0 spiro atoms. The normalized spacial score (nSPS) is 17.3. The van der Waals surface area contributed by atoms with Crippen molar-refractivity contribution >= 4 is 17.0 Å². The quantitative estimate of drug-likeness (QED) is 0.677. The van der Waals surface area contributed by atoms with E-state index in [2.05, 4.69) is 4.98 Å². The highest BCUT2D eigenvalue weighted by atomic mass is 19.1. The summed E-state index contributed by atoms with van der Waals surface area (Å²) in [7, 11) is 1.58. The van der Waals surface area contributed by atoms with Gasteiger partial charge in [0.05, 0.1) is 18.7 Å². The summed E-state index contributed by atoms with van der Waals surface area (Å²) in [6, 6.07) is 4.79. The Labute approximate surface area is 160 Å². The first kappa shape index (κ1) is 18.4. The molecule has 3 heterocycles. The standard InChI is InChI=1S/C20H20FN3O4/c1-11-8-13(4-5-14(11)21)15-9-24(6-7-27-15)20(26)16-12(2)28-18-17(16)19(25)23(3)10-22-18/h4-5,8,10,15H,6-7,9H2,1-3H3. The van der Waals surface area contributed by atoms with Crippen LogP contribution < -0.4 is 5.56 Å². The zero-order chi connectivity index (χ0) is 20.0. The number of halogens is 1. The highest BCUT2D eigenvalue weighted by Crippen LogP contribution is 2.27. The van der Waals surface area contributed by atoms with E-state index in [0.29, 0.717) is 31.0 Å². The largest absolute Gasteiger partial charge is 0.442 e. The molecule has 7 nitrogen and oxygen atoms in total. The molecule has 0 N–H and O–H groups in total. The smallest absolute Gasteiger partial charge is 0.265 e. The second-order valence-electron chi connectivity index (χ2n) is 6.99. The molecule has 1 aromatic carbocycles. The van der Waals surface area contributed by atoms with Crippen LogP contribution >= 0.6 is 0 Å². The van der Waals surface area contributed by atoms with Gasteiger partial charge in [-0.3, -0.25) is 9.59 Å². The maximum Gasteiger partial charge on any atom is 0.265 e. The van der Waals surface area contributed by atoms with Crippen molar-refractivity contribution in [2.45, 2.75) is 20.0 Å². The van der Waals surface area contributed by atoms with Gasteiger partial charge in [0, 0.05) is 13.6 Å². The van der Waals surface area contributed by atoms with Gasteiger partial charge in [0.25, 0.3) is 11.5 Å². The summed E-state index contributed by atoms with van der Waals surface area (Å²) in [4.78, 5) is 31.5. The molecular weight excluding hydrogens is 365 g/mol. The highest BCUT2D eigenvalue weighted by molar-refractivity contribution is 6.06. The number of aromatic nitrogens is 2. The monoisotopic (exact) mass is 385 g/mol. The number of carbonyl (C=O) groups is 1. The van der Waals surface area contributed by atoms with Gasteiger partial charge in [-0.1, -0.05) is 12.1 Å². The van der Waals surface area contributed by atoms with Crippen molar-refractivity contribution in [3.63, 3.8) is 0 Å². The molecule has 1 atom stereocenters. The molecule has 1 amide bonds. The van der Waals surface area contributed by atoms with Crippen LogP contribution in [0.1, 0.15) is 33.3 Å². The lowest BCUT2D eigenvalue weighted by Crippen LogP contribution is -2.42. The molecule has 2 aromatic heterocycles. The number of nitrogens with zero attached hydrogens (tertiary/aromatic N) is 3. The fourth-order valence-corrected chi connectivity index (χ4v) is 3.51. The molecule has 0 radical (unpaired) electrons. The van der Waals surface area contributed by atoms with Gasteiger partial charge >= 0.3 is 0 Å². The Morgan fingerprint density at radius 3 is 2.86 bits per heavy atom. The Bertz CT molecular complexity index is 1130. The lowest BCUT2D eigenvalue weighted by Gasteiger charge is -2.33. The topological polar surface area (TPSA) is 77.6 Å². The van der Waals surface area contributed by atoms with Gasteiger partial charge in [-0.05, 0) is 31.0 Å². The molecule has 146 valence electrons. The van der Waals surface area contributed by atoms with Gasteiger partial charge < -0.3 is 18.6 Å². The third-order valence-corrected chi connectivity index (χ3v) is 5.07. The SMILES string of the molecule is Cc1cc(C2CN(C(=O)c3c(C)oc4ncn(C)c(=O)c34)CCO2)ccc1F. The van der Waals surface area contributed by atoms with Crippen LogP contribution in [-0.2, 0) is 11.8 Å². The van der Waals surface area contributed by atoms with Crippen LogP contribution in [0.3, 0.4) is 0 Å². The van der Waals surface area contributed by atoms with Gasteiger partial charge in [0.15, 0.2) is 0 Å². The molecule has 4 rings (SSSR count). The van der Waals surface area contributed by atoms with E-state index < -0.39 is 0 Å². The number of hydrogen-bond donors (Lipinski definition) is 0. The van der Waals surface area contributed by atoms with Crippen LogP contribution in [0.15, 0.2) is 33.7 Å². The van der Waals surface area contributed by atoms with Crippen molar-refractivity contribution in [1.82, 2.24) is 14.5 Å². The summed E-state index contributed by atoms with van der Waals surface area (Å²) < 4.78 is 26.2. The average molecular weight is 385 g/mol. The van der Waals surface area contributed by atoms with E-state index in [9.17, 15) is 14.0 Å². The van der Waals surface area contributed by atoms with Gasteiger partial charge in [-0.15, -0.1) is 0 Å². The summed E-state index contributed by atoms with van der Waals surface area (Å²) in [5, 5.41) is 0.188. The summed E-state index contributed by atoms with van der Waals surface area (Å²) in [6.07, 6.45) is 1.00. The Kier molecular flexibility index (Phi) is 4.50. The molecule has 0 aliphatic carbocycles. The van der Waals surface area contributed by atoms with E-state index in [1.807, 2.05) is 0 Å². The molecule has 1 fully saturated rings. The molecule has 3 aromatic rings. The molecule has 1 unspecified atom stereocenters. The predicted molar refractivity (Wildman–Crippen MR) is 99.7 cm³/mol. The zero-order valence-corrected chi connectivity index (χ0v) is 15.9. The molecule has 0 saturated carbocycles. The average Bonchev–Trinajstić information content (AvgIpc) is 3.03. The predicted octanol–water partition coefficient (Wildman–Crippen LogP) is 2.50. The summed E-state index contributed by atoms with van der Waals surface area (Å²) in [6.45, 7) is 4.38. The third kappa shape index (κ3) is 2.99. The van der Waals surface area contributed by atoms with Gasteiger partial charge in [0.1, 0.15) is 29.4 Å². The number of furan rings is 1. The number of ether oxygens (including phenoxy) is 1. The van der Waals surface area contributed by atoms with Crippen LogP contribution in [0.5, 0.6) is 0 Å². The number of carbonyl (C=O) groups excluding carboxylic acids is 1. The first-order valence-electron chi connectivity index (χ1n) is 8.98. The summed E-state index contributed by atoms with van der Waals surface area (Å²) in [5.41, 5.74) is 1.39. The molecule has 0 bridgehead atoms. The van der Waals surface area contributed by atoms with Crippen molar-refractivity contribution < 1.29 is 18.3 Å². The van der Waals surface area contributed by atoms with E-state index in [1.165, 1.54) is 17.0 Å². The number of fused-ring (bicyclic) bond motifs is 1. The van der Waals surface area contributed by atoms with Crippen molar-refractivity contribution in [1.29, 1.82) is 0 Å². The van der Waals surface area contributed by atoms with Crippen molar-refractivity contribution in [2.75, 3.05) is 19.7 Å². The molecule has 8 heteroatoms. The fraction of sp³-hybridized carbons (Fsp3) is 0.350. The Balaban J connectivity index is 1.68. The van der Waals surface area contributed by atoms with E-state index in [0.717, 1.165) is 5.56 Å². The fourth-order valence-electron chi connectivity index (χ4n) is 3.51. The third-order valence-electron chi connectivity index (χ3n) is 5.07. The van der Waals surface area contributed by atoms with Crippen molar-refractivity contribution in [2.24, 2.45) is 7.05 Å². The van der Waals surface area contributed by atoms with Crippen molar-refractivity contribution in [3.05, 3.63) is 63.1 Å². The maximum atomic E-state index is 13.6. The van der Waals surface area contributed by atoms with Gasteiger partial charge in [-0.25, -0.2) is 9.37 Å². The number of amides is 1. The number of aryl methyl sites for hydroxylation is 3. The van der Waals surface area contributed by atoms with Crippen LogP contribution in [0.25, 0.3) is 11.1 Å². The molecule has 1 aliphatic rings. The first-order chi connectivity index (χ1) is 13.4. The summed E-state index contributed by atoms with van der Waals surface area (Å²) >= 11 is 0. The maximum absolute atomic E-state index is 13.6. The first-order valence-corrected chi connectivity index (χ1v) is 8.98. The van der Waals surface area contributed by atoms with Crippen LogP contribution in [0.2, 0.25) is 0 Å². The number of hydrogen-bond acceptors (Lipinski definition) is 5. The Morgan fingerprint density at radius 2 is 2.11 bits per heavy atom.